The molecule has 1 fully saturated rings. The molecule has 0 bridgehead atoms. The van der Waals surface area contributed by atoms with Gasteiger partial charge in [0.2, 0.25) is 10.0 Å². The molecule has 0 saturated heterocycles. The van der Waals surface area contributed by atoms with Gasteiger partial charge in [-0.15, -0.1) is 0 Å². The van der Waals surface area contributed by atoms with Crippen molar-refractivity contribution in [3.05, 3.63) is 35.4 Å². The summed E-state index contributed by atoms with van der Waals surface area (Å²) in [6.07, 6.45) is 4.51. The van der Waals surface area contributed by atoms with Crippen LogP contribution >= 0.6 is 0 Å². The van der Waals surface area contributed by atoms with Crippen molar-refractivity contribution in [2.24, 2.45) is 5.92 Å². The van der Waals surface area contributed by atoms with Crippen molar-refractivity contribution in [2.75, 3.05) is 0 Å². The molecule has 116 valence electrons. The van der Waals surface area contributed by atoms with E-state index >= 15 is 0 Å². The van der Waals surface area contributed by atoms with E-state index in [4.69, 9.17) is 5.11 Å². The van der Waals surface area contributed by atoms with Crippen molar-refractivity contribution in [1.82, 2.24) is 4.72 Å². The Hall–Kier alpha value is -1.40. The zero-order valence-electron chi connectivity index (χ0n) is 12.1. The highest BCUT2D eigenvalue weighted by Gasteiger charge is 2.25. The minimum atomic E-state index is -3.40. The zero-order valence-corrected chi connectivity index (χ0v) is 12.9. The molecular formula is C15H21NO4S. The van der Waals surface area contributed by atoms with Gasteiger partial charge in [-0.25, -0.2) is 17.9 Å². The maximum absolute atomic E-state index is 12.2. The summed E-state index contributed by atoms with van der Waals surface area (Å²) in [4.78, 5) is 10.8. The van der Waals surface area contributed by atoms with E-state index in [1.54, 1.807) is 12.1 Å². The van der Waals surface area contributed by atoms with Gasteiger partial charge in [0.05, 0.1) is 11.3 Å². The lowest BCUT2D eigenvalue weighted by Gasteiger charge is -2.20. The third-order valence-electron chi connectivity index (χ3n) is 4.03. The van der Waals surface area contributed by atoms with Crippen LogP contribution in [0, 0.1) is 5.92 Å². The van der Waals surface area contributed by atoms with Gasteiger partial charge in [-0.3, -0.25) is 0 Å². The normalized spacial score (nSPS) is 17.8. The molecule has 1 aliphatic carbocycles. The first kappa shape index (κ1) is 16.0. The largest absolute Gasteiger partial charge is 0.478 e. The van der Waals surface area contributed by atoms with Crippen LogP contribution in [0.25, 0.3) is 0 Å². The summed E-state index contributed by atoms with van der Waals surface area (Å²) >= 11 is 0. The van der Waals surface area contributed by atoms with Crippen LogP contribution in [-0.4, -0.2) is 25.5 Å². The molecule has 0 aliphatic heterocycles. The number of carboxylic acids is 1. The molecule has 1 aliphatic rings. The predicted octanol–water partition coefficient (Wildman–Crippen LogP) is 2.38. The number of rotatable bonds is 6. The minimum absolute atomic E-state index is 0.0456. The average Bonchev–Trinajstić information content (AvgIpc) is 2.92. The first-order valence-electron chi connectivity index (χ1n) is 7.19. The number of benzene rings is 1. The van der Waals surface area contributed by atoms with Crippen LogP contribution < -0.4 is 4.72 Å². The van der Waals surface area contributed by atoms with Crippen molar-refractivity contribution in [1.29, 1.82) is 0 Å². The van der Waals surface area contributed by atoms with Crippen LogP contribution in [0.1, 0.15) is 48.5 Å². The fourth-order valence-electron chi connectivity index (χ4n) is 2.84. The van der Waals surface area contributed by atoms with Crippen molar-refractivity contribution < 1.29 is 18.3 Å². The third kappa shape index (κ3) is 4.54. The average molecular weight is 311 g/mol. The smallest absolute Gasteiger partial charge is 0.335 e. The number of hydrogen-bond acceptors (Lipinski definition) is 3. The second-order valence-corrected chi connectivity index (χ2v) is 7.47. The van der Waals surface area contributed by atoms with E-state index in [1.165, 1.54) is 25.0 Å². The SMILES string of the molecule is C[C@@H](NS(=O)(=O)Cc1ccc(C(=O)O)cc1)C1CCCC1. The van der Waals surface area contributed by atoms with Gasteiger partial charge in [-0.1, -0.05) is 25.0 Å². The van der Waals surface area contributed by atoms with Crippen molar-refractivity contribution in [2.45, 2.75) is 44.4 Å². The Balaban J connectivity index is 1.98. The van der Waals surface area contributed by atoms with Crippen molar-refractivity contribution >= 4 is 16.0 Å². The third-order valence-corrected chi connectivity index (χ3v) is 5.47. The van der Waals surface area contributed by atoms with E-state index in [2.05, 4.69) is 4.72 Å². The van der Waals surface area contributed by atoms with Crippen molar-refractivity contribution in [3.8, 4) is 0 Å². The number of carboxylic acid groups (broad SMARTS) is 1. The monoisotopic (exact) mass is 311 g/mol. The van der Waals surface area contributed by atoms with Crippen LogP contribution in [0.15, 0.2) is 24.3 Å². The van der Waals surface area contributed by atoms with E-state index in [1.807, 2.05) is 6.92 Å². The Bertz CT molecular complexity index is 589. The summed E-state index contributed by atoms with van der Waals surface area (Å²) in [6.45, 7) is 1.92. The molecule has 0 aromatic heterocycles. The summed E-state index contributed by atoms with van der Waals surface area (Å²) in [6, 6.07) is 5.89. The van der Waals surface area contributed by atoms with E-state index < -0.39 is 16.0 Å². The topological polar surface area (TPSA) is 83.5 Å². The standard InChI is InChI=1S/C15H21NO4S/c1-11(13-4-2-3-5-13)16-21(19,20)10-12-6-8-14(9-7-12)15(17)18/h6-9,11,13,16H,2-5,10H2,1H3,(H,17,18)/t11-/m1/s1. The van der Waals surface area contributed by atoms with E-state index in [9.17, 15) is 13.2 Å². The Kier molecular flexibility index (Phi) is 5.00. The lowest BCUT2D eigenvalue weighted by molar-refractivity contribution is 0.0697. The second kappa shape index (κ2) is 6.58. The maximum atomic E-state index is 12.2. The van der Waals surface area contributed by atoms with Gasteiger partial charge >= 0.3 is 5.97 Å². The number of carbonyl (C=O) groups is 1. The molecule has 0 spiro atoms. The Morgan fingerprint density at radius 1 is 1.29 bits per heavy atom. The Morgan fingerprint density at radius 2 is 1.86 bits per heavy atom. The van der Waals surface area contributed by atoms with Gasteiger partial charge in [0, 0.05) is 6.04 Å². The zero-order chi connectivity index (χ0) is 15.5. The van der Waals surface area contributed by atoms with E-state index in [0.717, 1.165) is 12.8 Å². The molecule has 1 saturated carbocycles. The van der Waals surface area contributed by atoms with Crippen LogP contribution in [0.4, 0.5) is 0 Å². The fraction of sp³-hybridized carbons (Fsp3) is 0.533. The summed E-state index contributed by atoms with van der Waals surface area (Å²) < 4.78 is 27.1. The highest BCUT2D eigenvalue weighted by atomic mass is 32.2. The van der Waals surface area contributed by atoms with Gasteiger partial charge in [0.15, 0.2) is 0 Å². The summed E-state index contributed by atoms with van der Waals surface area (Å²) in [7, 11) is -3.40. The number of hydrogen-bond donors (Lipinski definition) is 2. The van der Waals surface area contributed by atoms with Gasteiger partial charge in [-0.2, -0.15) is 0 Å². The number of sulfonamides is 1. The Labute approximate surface area is 125 Å². The maximum Gasteiger partial charge on any atom is 0.335 e. The molecule has 0 amide bonds. The highest BCUT2D eigenvalue weighted by molar-refractivity contribution is 7.88. The van der Waals surface area contributed by atoms with Crippen LogP contribution in [0.5, 0.6) is 0 Å². The van der Waals surface area contributed by atoms with Crippen molar-refractivity contribution in [3.63, 3.8) is 0 Å². The molecule has 21 heavy (non-hydrogen) atoms. The first-order chi connectivity index (χ1) is 9.87. The van der Waals surface area contributed by atoms with Crippen LogP contribution in [0.3, 0.4) is 0 Å². The molecule has 5 nitrogen and oxygen atoms in total. The fourth-order valence-corrected chi connectivity index (χ4v) is 4.31. The number of nitrogens with one attached hydrogen (secondary N) is 1. The lowest BCUT2D eigenvalue weighted by Crippen LogP contribution is -2.37. The molecule has 1 aromatic rings. The molecule has 1 atom stereocenters. The number of aromatic carboxylic acids is 1. The van der Waals surface area contributed by atoms with E-state index in [0.29, 0.717) is 11.5 Å². The van der Waals surface area contributed by atoms with Gasteiger partial charge in [0.1, 0.15) is 0 Å². The van der Waals surface area contributed by atoms with E-state index in [-0.39, 0.29) is 17.4 Å². The van der Waals surface area contributed by atoms with Gasteiger partial charge in [0.25, 0.3) is 0 Å². The molecule has 0 radical (unpaired) electrons. The highest BCUT2D eigenvalue weighted by Crippen LogP contribution is 2.28. The molecule has 0 heterocycles. The van der Waals surface area contributed by atoms with Crippen LogP contribution in [-0.2, 0) is 15.8 Å². The lowest BCUT2D eigenvalue weighted by atomic mass is 10.0. The quantitative estimate of drug-likeness (QED) is 0.845. The van der Waals surface area contributed by atoms with Gasteiger partial charge in [-0.05, 0) is 43.4 Å². The molecule has 0 unspecified atom stereocenters. The van der Waals surface area contributed by atoms with Gasteiger partial charge < -0.3 is 5.11 Å². The molecular weight excluding hydrogens is 290 g/mol. The predicted molar refractivity (Wildman–Crippen MR) is 80.6 cm³/mol. The summed E-state index contributed by atoms with van der Waals surface area (Å²) in [5.74, 6) is -0.712. The van der Waals surface area contributed by atoms with Crippen LogP contribution in [0.2, 0.25) is 0 Å². The molecule has 1 aromatic carbocycles. The summed E-state index contributed by atoms with van der Waals surface area (Å²) in [5.41, 5.74) is 0.745. The Morgan fingerprint density at radius 3 is 2.38 bits per heavy atom. The molecule has 2 N–H and O–H groups in total. The minimum Gasteiger partial charge on any atom is -0.478 e. The molecule has 6 heteroatoms. The summed E-state index contributed by atoms with van der Waals surface area (Å²) in [5, 5.41) is 8.82. The first-order valence-corrected chi connectivity index (χ1v) is 8.85. The molecule has 2 rings (SSSR count). The second-order valence-electron chi connectivity index (χ2n) is 5.71.